The van der Waals surface area contributed by atoms with Crippen LogP contribution >= 0.6 is 0 Å². The van der Waals surface area contributed by atoms with Gasteiger partial charge in [-0.05, 0) is 68.8 Å². The summed E-state index contributed by atoms with van der Waals surface area (Å²) in [5.74, 6) is -3.82. The van der Waals surface area contributed by atoms with E-state index >= 15 is 0 Å². The number of urea groups is 1. The number of carbonyl (C=O) groups is 3. The number of nitrogens with two attached hydrogens (primary N) is 1. The molecule has 5 heterocycles. The second-order valence-corrected chi connectivity index (χ2v) is 11.8. The van der Waals surface area contributed by atoms with Crippen molar-refractivity contribution in [3.8, 4) is 23.1 Å². The number of rotatable bonds is 9. The van der Waals surface area contributed by atoms with E-state index in [0.717, 1.165) is 17.0 Å². The predicted molar refractivity (Wildman–Crippen MR) is 171 cm³/mol. The number of nitrogen functional groups attached to an aromatic ring is 1. The summed E-state index contributed by atoms with van der Waals surface area (Å²) in [4.78, 5) is 48.4. The number of anilines is 2. The Morgan fingerprint density at radius 1 is 1.06 bits per heavy atom. The van der Waals surface area contributed by atoms with Crippen molar-refractivity contribution in [2.75, 3.05) is 30.3 Å². The molecule has 0 bridgehead atoms. The molecule has 258 valence electrons. The van der Waals surface area contributed by atoms with Gasteiger partial charge in [0.25, 0.3) is 12.3 Å². The molecule has 3 amide bonds. The number of ether oxygens (including phenoxy) is 2. The van der Waals surface area contributed by atoms with Gasteiger partial charge in [-0.25, -0.2) is 36.9 Å². The smallest absolute Gasteiger partial charge is 0.329 e. The third kappa shape index (κ3) is 5.64. The molecule has 2 aromatic carbocycles. The second kappa shape index (κ2) is 12.5. The van der Waals surface area contributed by atoms with E-state index in [2.05, 4.69) is 25.7 Å². The van der Waals surface area contributed by atoms with Crippen LogP contribution in [0.25, 0.3) is 16.6 Å². The maximum Gasteiger partial charge on any atom is 0.329 e. The fourth-order valence-corrected chi connectivity index (χ4v) is 6.10. The number of carbonyl (C=O) groups excluding carboxylic acids is 3. The Labute approximate surface area is 280 Å². The molecule has 3 aromatic heterocycles. The molecular formula is C33H28F4N8O5. The molecule has 2 fully saturated rings. The quantitative estimate of drug-likeness (QED) is 0.0967. The molecule has 0 atom stereocenters. The number of aromatic amines is 1. The molecule has 50 heavy (non-hydrogen) atoms. The molecule has 1 spiro atoms. The summed E-state index contributed by atoms with van der Waals surface area (Å²) in [5.41, 5.74) is 6.38. The molecule has 5 aromatic rings. The van der Waals surface area contributed by atoms with Crippen LogP contribution in [0.2, 0.25) is 0 Å². The first kappa shape index (κ1) is 32.6. The number of halogens is 4. The number of ketones is 1. The van der Waals surface area contributed by atoms with E-state index in [-0.39, 0.29) is 34.4 Å². The van der Waals surface area contributed by atoms with Gasteiger partial charge in [-0.1, -0.05) is 6.07 Å². The van der Waals surface area contributed by atoms with Crippen molar-refractivity contribution >= 4 is 40.1 Å². The van der Waals surface area contributed by atoms with Gasteiger partial charge in [-0.2, -0.15) is 5.10 Å². The van der Waals surface area contributed by atoms with Crippen molar-refractivity contribution in [2.24, 2.45) is 0 Å². The summed E-state index contributed by atoms with van der Waals surface area (Å²) < 4.78 is 66.5. The zero-order chi connectivity index (χ0) is 35.3. The number of fused-ring (bicyclic) bond motifs is 1. The monoisotopic (exact) mass is 692 g/mol. The van der Waals surface area contributed by atoms with Crippen LogP contribution in [0.4, 0.5) is 33.9 Å². The van der Waals surface area contributed by atoms with Crippen LogP contribution in [0.3, 0.4) is 0 Å². The van der Waals surface area contributed by atoms with Crippen molar-refractivity contribution in [2.45, 2.75) is 31.7 Å². The van der Waals surface area contributed by atoms with E-state index in [0.29, 0.717) is 48.1 Å². The minimum Gasteiger partial charge on any atom is -0.485 e. The highest BCUT2D eigenvalue weighted by Gasteiger charge is 2.52. The molecule has 7 rings (SSSR count). The zero-order valence-corrected chi connectivity index (χ0v) is 26.2. The number of aromatic nitrogens is 4. The molecule has 2 aliphatic rings. The van der Waals surface area contributed by atoms with Gasteiger partial charge in [0.05, 0.1) is 35.0 Å². The number of aryl methyl sites for hydroxylation is 1. The lowest BCUT2D eigenvalue weighted by molar-refractivity contribution is -0.123. The van der Waals surface area contributed by atoms with Crippen molar-refractivity contribution in [3.63, 3.8) is 0 Å². The Bertz CT molecular complexity index is 2160. The highest BCUT2D eigenvalue weighted by Crippen LogP contribution is 2.39. The molecule has 0 radical (unpaired) electrons. The Balaban J connectivity index is 1.19. The van der Waals surface area contributed by atoms with Gasteiger partial charge in [0.1, 0.15) is 23.7 Å². The van der Waals surface area contributed by atoms with E-state index in [4.69, 9.17) is 15.2 Å². The number of amides is 3. The molecule has 0 aliphatic carbocycles. The van der Waals surface area contributed by atoms with Gasteiger partial charge in [0, 0.05) is 17.0 Å². The number of piperidine rings is 1. The lowest BCUT2D eigenvalue weighted by Gasteiger charge is -2.31. The number of imide groups is 1. The Hall–Kier alpha value is -5.97. The van der Waals surface area contributed by atoms with Gasteiger partial charge in [-0.15, -0.1) is 0 Å². The Morgan fingerprint density at radius 3 is 2.50 bits per heavy atom. The second-order valence-electron chi connectivity index (χ2n) is 11.8. The fraction of sp³-hybridized carbons (Fsp3) is 0.242. The Morgan fingerprint density at radius 2 is 1.80 bits per heavy atom. The molecule has 2 saturated heterocycles. The van der Waals surface area contributed by atoms with Crippen LogP contribution in [0.5, 0.6) is 17.4 Å². The van der Waals surface area contributed by atoms with Crippen LogP contribution in [0, 0.1) is 18.6 Å². The number of para-hydroxylation sites is 1. The third-order valence-electron chi connectivity index (χ3n) is 8.63. The highest BCUT2D eigenvalue weighted by molar-refractivity contribution is 6.24. The van der Waals surface area contributed by atoms with Crippen LogP contribution in [-0.4, -0.2) is 69.1 Å². The van der Waals surface area contributed by atoms with Crippen molar-refractivity contribution in [3.05, 3.63) is 83.3 Å². The molecule has 0 saturated carbocycles. The lowest BCUT2D eigenvalue weighted by Crippen LogP contribution is -2.53. The number of hydrogen-bond donors (Lipinski definition) is 4. The minimum absolute atomic E-state index is 0.000978. The number of alkyl halides is 2. The summed E-state index contributed by atoms with van der Waals surface area (Å²) in [6.45, 7) is 1.67. The summed E-state index contributed by atoms with van der Waals surface area (Å²) in [5, 5.41) is 10.5. The van der Waals surface area contributed by atoms with Gasteiger partial charge in [-0.3, -0.25) is 9.59 Å². The van der Waals surface area contributed by atoms with Crippen LogP contribution in [0.1, 0.15) is 34.5 Å². The lowest BCUT2D eigenvalue weighted by atomic mass is 9.88. The normalized spacial score (nSPS) is 15.7. The van der Waals surface area contributed by atoms with Gasteiger partial charge >= 0.3 is 6.03 Å². The standard InChI is InChI=1S/C33H28F4N8O5/c1-16-9-27(50-29-19(34)3-2-4-20(29)35)40-14-24(16)45-30(38)18(13-41-45)28(46)22-10-17-11-25(49-15-26(36)37)23(12-21(17)42-22)44-31(47)33(43-32(44)48)5-7-39-8-6-33/h2-4,9-14,26,39,42H,5-8,15,38H2,1H3,(H,43,48). The van der Waals surface area contributed by atoms with Crippen molar-refractivity contribution in [1.29, 1.82) is 0 Å². The highest BCUT2D eigenvalue weighted by atomic mass is 19.3. The number of H-pyrrole nitrogens is 1. The predicted octanol–water partition coefficient (Wildman–Crippen LogP) is 4.76. The third-order valence-corrected chi connectivity index (χ3v) is 8.63. The number of nitrogens with one attached hydrogen (secondary N) is 3. The van der Waals surface area contributed by atoms with Gasteiger partial charge in [0.2, 0.25) is 17.4 Å². The summed E-state index contributed by atoms with van der Waals surface area (Å²) in [7, 11) is 0. The average molecular weight is 693 g/mol. The number of nitrogens with zero attached hydrogens (tertiary/aromatic N) is 4. The molecule has 2 aliphatic heterocycles. The van der Waals surface area contributed by atoms with Crippen LogP contribution in [-0.2, 0) is 4.79 Å². The van der Waals surface area contributed by atoms with Crippen LogP contribution < -0.4 is 30.7 Å². The molecular weight excluding hydrogens is 664 g/mol. The van der Waals surface area contributed by atoms with E-state index < -0.39 is 53.7 Å². The molecule has 13 nitrogen and oxygen atoms in total. The number of pyridine rings is 1. The van der Waals surface area contributed by atoms with E-state index in [9.17, 15) is 31.9 Å². The number of hydrogen-bond acceptors (Lipinski definition) is 9. The summed E-state index contributed by atoms with van der Waals surface area (Å²) in [6, 6.07) is 8.21. The molecule has 17 heteroatoms. The Kier molecular flexibility index (Phi) is 8.13. The first-order valence-electron chi connectivity index (χ1n) is 15.4. The van der Waals surface area contributed by atoms with Crippen molar-refractivity contribution in [1.82, 2.24) is 30.4 Å². The minimum atomic E-state index is -2.84. The largest absolute Gasteiger partial charge is 0.485 e. The maximum atomic E-state index is 14.1. The van der Waals surface area contributed by atoms with E-state index in [1.807, 2.05) is 0 Å². The van der Waals surface area contributed by atoms with Gasteiger partial charge < -0.3 is 30.8 Å². The van der Waals surface area contributed by atoms with Gasteiger partial charge in [0.15, 0.2) is 11.6 Å². The summed E-state index contributed by atoms with van der Waals surface area (Å²) in [6.07, 6.45) is 0.423. The summed E-state index contributed by atoms with van der Waals surface area (Å²) >= 11 is 0. The average Bonchev–Trinajstić information content (AvgIpc) is 3.74. The molecule has 0 unspecified atom stereocenters. The first-order chi connectivity index (χ1) is 24.0. The molecule has 5 N–H and O–H groups in total. The fourth-order valence-electron chi connectivity index (χ4n) is 6.10. The zero-order valence-electron chi connectivity index (χ0n) is 26.2. The number of benzene rings is 2. The van der Waals surface area contributed by atoms with Crippen LogP contribution in [0.15, 0.2) is 54.9 Å². The first-order valence-corrected chi connectivity index (χ1v) is 15.4. The SMILES string of the molecule is Cc1cc(Oc2c(F)cccc2F)ncc1-n1ncc(C(=O)c2cc3cc(OCC(F)F)c(N4C(=O)NC5(CCNCC5)C4=O)cc3[nH]2)c1N. The van der Waals surface area contributed by atoms with Crippen molar-refractivity contribution < 1.29 is 41.4 Å². The topological polar surface area (TPSA) is 169 Å². The van der Waals surface area contributed by atoms with E-state index in [1.165, 1.54) is 47.4 Å². The van der Waals surface area contributed by atoms with E-state index in [1.54, 1.807) is 6.92 Å². The maximum absolute atomic E-state index is 14.1.